The monoisotopic (exact) mass is 542 g/mol. The van der Waals surface area contributed by atoms with Gasteiger partial charge in [-0.3, -0.25) is 14.1 Å². The lowest BCUT2D eigenvalue weighted by molar-refractivity contribution is 0.0644. The lowest BCUT2D eigenvalue weighted by atomic mass is 10.1. The topological polar surface area (TPSA) is 75.0 Å². The predicted octanol–water partition coefficient (Wildman–Crippen LogP) is 4.94. The summed E-state index contributed by atoms with van der Waals surface area (Å²) in [4.78, 5) is 26.0. The number of aromatic nitrogens is 3. The number of halogens is 3. The predicted molar refractivity (Wildman–Crippen MR) is 143 cm³/mol. The van der Waals surface area contributed by atoms with Crippen molar-refractivity contribution in [3.63, 3.8) is 0 Å². The van der Waals surface area contributed by atoms with Gasteiger partial charge in [-0.1, -0.05) is 11.6 Å². The van der Waals surface area contributed by atoms with E-state index in [4.69, 9.17) is 27.9 Å². The summed E-state index contributed by atoms with van der Waals surface area (Å²) in [7, 11) is 1.43. The molecule has 8 nitrogen and oxygen atoms in total. The van der Waals surface area contributed by atoms with E-state index in [1.54, 1.807) is 48.9 Å². The Morgan fingerprint density at radius 2 is 1.95 bits per heavy atom. The molecule has 192 valence electrons. The number of carbonyl (C=O) groups is 1. The van der Waals surface area contributed by atoms with Gasteiger partial charge in [0, 0.05) is 62.2 Å². The summed E-state index contributed by atoms with van der Waals surface area (Å²) in [5.74, 6) is 0.703. The minimum absolute atomic E-state index is 0.0908. The molecule has 1 N–H and O–H groups in total. The Kier molecular flexibility index (Phi) is 7.45. The summed E-state index contributed by atoms with van der Waals surface area (Å²) in [5, 5.41) is 3.58. The van der Waals surface area contributed by atoms with Crippen LogP contribution in [0.3, 0.4) is 0 Å². The Labute approximate surface area is 223 Å². The van der Waals surface area contributed by atoms with Gasteiger partial charge in [0.2, 0.25) is 0 Å². The van der Waals surface area contributed by atoms with E-state index in [9.17, 15) is 9.18 Å². The fourth-order valence-corrected chi connectivity index (χ4v) is 4.91. The molecule has 0 radical (unpaired) electrons. The molecule has 1 aliphatic heterocycles. The Hall–Kier alpha value is -3.40. The number of hydrogen-bond acceptors (Lipinski definition) is 6. The van der Waals surface area contributed by atoms with Crippen molar-refractivity contribution in [2.75, 3.05) is 51.0 Å². The van der Waals surface area contributed by atoms with Gasteiger partial charge < -0.3 is 15.0 Å². The second kappa shape index (κ2) is 10.9. The van der Waals surface area contributed by atoms with Crippen LogP contribution in [0.15, 0.2) is 55.0 Å². The van der Waals surface area contributed by atoms with E-state index in [1.807, 2.05) is 9.30 Å². The van der Waals surface area contributed by atoms with Gasteiger partial charge >= 0.3 is 0 Å². The van der Waals surface area contributed by atoms with Crippen molar-refractivity contribution in [1.82, 2.24) is 24.2 Å². The molecular formula is C26H25Cl2FN6O2. The number of nitrogens with one attached hydrogen (secondary N) is 1. The number of rotatable bonds is 7. The first-order chi connectivity index (χ1) is 18.0. The summed E-state index contributed by atoms with van der Waals surface area (Å²) >= 11 is 12.4. The van der Waals surface area contributed by atoms with Crippen LogP contribution in [0.25, 0.3) is 16.9 Å². The Bertz CT molecular complexity index is 1440. The highest BCUT2D eigenvalue weighted by atomic mass is 35.5. The van der Waals surface area contributed by atoms with Crippen LogP contribution in [0.1, 0.15) is 10.4 Å². The Balaban J connectivity index is 1.35. The van der Waals surface area contributed by atoms with Crippen molar-refractivity contribution in [1.29, 1.82) is 0 Å². The average molecular weight is 543 g/mol. The van der Waals surface area contributed by atoms with Gasteiger partial charge in [0.15, 0.2) is 23.0 Å². The molecule has 1 amide bonds. The third kappa shape index (κ3) is 5.20. The Morgan fingerprint density at radius 3 is 2.65 bits per heavy atom. The largest absolute Gasteiger partial charge is 0.494 e. The molecule has 1 saturated heterocycles. The maximum absolute atomic E-state index is 14.3. The zero-order valence-corrected chi connectivity index (χ0v) is 21.6. The molecule has 5 rings (SSSR count). The van der Waals surface area contributed by atoms with Crippen molar-refractivity contribution in [3.8, 4) is 17.0 Å². The first-order valence-corrected chi connectivity index (χ1v) is 12.7. The van der Waals surface area contributed by atoms with Crippen molar-refractivity contribution < 1.29 is 13.9 Å². The van der Waals surface area contributed by atoms with E-state index in [-0.39, 0.29) is 11.7 Å². The number of methoxy groups -OCH3 is 1. The van der Waals surface area contributed by atoms with Crippen LogP contribution in [-0.4, -0.2) is 75.8 Å². The average Bonchev–Trinajstić information content (AvgIpc) is 3.34. The molecule has 0 aliphatic carbocycles. The molecule has 4 aromatic rings. The highest BCUT2D eigenvalue weighted by Crippen LogP contribution is 2.29. The number of ether oxygens (including phenoxy) is 1. The maximum atomic E-state index is 14.3. The van der Waals surface area contributed by atoms with Crippen molar-refractivity contribution in [2.45, 2.75) is 0 Å². The third-order valence-electron chi connectivity index (χ3n) is 6.40. The van der Waals surface area contributed by atoms with Crippen LogP contribution in [0.4, 0.5) is 15.9 Å². The smallest absolute Gasteiger partial charge is 0.255 e. The van der Waals surface area contributed by atoms with E-state index in [1.165, 1.54) is 13.2 Å². The summed E-state index contributed by atoms with van der Waals surface area (Å²) in [5.41, 5.74) is 3.02. The Morgan fingerprint density at radius 1 is 1.14 bits per heavy atom. The number of fused-ring (bicyclic) bond motifs is 1. The lowest BCUT2D eigenvalue weighted by Crippen LogP contribution is -2.49. The van der Waals surface area contributed by atoms with Crippen LogP contribution >= 0.6 is 23.2 Å². The molecule has 11 heteroatoms. The van der Waals surface area contributed by atoms with Crippen LogP contribution in [-0.2, 0) is 0 Å². The third-order valence-corrected chi connectivity index (χ3v) is 6.88. The van der Waals surface area contributed by atoms with Gasteiger partial charge in [-0.05, 0) is 36.4 Å². The number of imidazole rings is 1. The number of anilines is 2. The maximum Gasteiger partial charge on any atom is 0.255 e. The summed E-state index contributed by atoms with van der Waals surface area (Å²) in [6.07, 6.45) is 5.04. The van der Waals surface area contributed by atoms with Crippen molar-refractivity contribution >= 4 is 46.3 Å². The second-order valence-electron chi connectivity index (χ2n) is 8.60. The molecule has 0 saturated carbocycles. The van der Waals surface area contributed by atoms with Crippen LogP contribution in [0.2, 0.25) is 5.02 Å². The minimum Gasteiger partial charge on any atom is -0.494 e. The normalized spacial score (nSPS) is 14.2. The van der Waals surface area contributed by atoms with E-state index in [0.717, 1.165) is 19.6 Å². The molecule has 37 heavy (non-hydrogen) atoms. The van der Waals surface area contributed by atoms with Crippen molar-refractivity contribution in [3.05, 3.63) is 71.4 Å². The first-order valence-electron chi connectivity index (χ1n) is 11.8. The molecule has 0 atom stereocenters. The quantitative estimate of drug-likeness (QED) is 0.333. The highest BCUT2D eigenvalue weighted by molar-refractivity contribution is 6.34. The minimum atomic E-state index is -0.455. The molecular weight excluding hydrogens is 518 g/mol. The van der Waals surface area contributed by atoms with E-state index in [0.29, 0.717) is 58.0 Å². The molecule has 1 fully saturated rings. The van der Waals surface area contributed by atoms with Gasteiger partial charge in [-0.2, -0.15) is 0 Å². The fourth-order valence-electron chi connectivity index (χ4n) is 4.41. The second-order valence-corrected chi connectivity index (χ2v) is 9.39. The lowest BCUT2D eigenvalue weighted by Gasteiger charge is -2.34. The number of hydrogen-bond donors (Lipinski definition) is 1. The van der Waals surface area contributed by atoms with Gasteiger partial charge in [0.25, 0.3) is 5.91 Å². The molecule has 0 unspecified atom stereocenters. The number of amides is 1. The van der Waals surface area contributed by atoms with Gasteiger partial charge in [-0.15, -0.1) is 11.6 Å². The first kappa shape index (κ1) is 25.3. The van der Waals surface area contributed by atoms with Crippen molar-refractivity contribution in [2.24, 2.45) is 0 Å². The van der Waals surface area contributed by atoms with Crippen LogP contribution in [0.5, 0.6) is 5.75 Å². The van der Waals surface area contributed by atoms with Gasteiger partial charge in [0.05, 0.1) is 29.6 Å². The number of benzene rings is 2. The highest BCUT2D eigenvalue weighted by Gasteiger charge is 2.23. The summed E-state index contributed by atoms with van der Waals surface area (Å²) < 4.78 is 21.1. The molecule has 2 aromatic heterocycles. The fraction of sp³-hybridized carbons (Fsp3) is 0.269. The van der Waals surface area contributed by atoms with Crippen LogP contribution in [0, 0.1) is 5.82 Å². The summed E-state index contributed by atoms with van der Waals surface area (Å²) in [6, 6.07) is 9.96. The standard InChI is InChI=1S/C26H25Cl2FN6O2/c1-37-23-5-2-17(14-21(23)29)22-16-31-25-24(30-7-9-35(22)25)32-18-3-4-19(20(28)15-18)26(36)34-12-10-33(8-6-27)11-13-34/h2-5,7,9,14-16H,6,8,10-13H2,1H3,(H,30,32). The summed E-state index contributed by atoms with van der Waals surface area (Å²) in [6.45, 7) is 3.68. The number of carbonyl (C=O) groups excluding carboxylic acids is 1. The van der Waals surface area contributed by atoms with E-state index in [2.05, 4.69) is 20.2 Å². The molecule has 0 spiro atoms. The van der Waals surface area contributed by atoms with Crippen LogP contribution < -0.4 is 10.1 Å². The number of alkyl halides is 1. The molecule has 2 aromatic carbocycles. The SMILES string of the molecule is COc1ccc(-c2cnc3c(Nc4ccc(C(=O)N5CCN(CCCl)CC5)c(Cl)c4)nccn23)cc1F. The molecule has 0 bridgehead atoms. The van der Waals surface area contributed by atoms with Gasteiger partial charge in [0.1, 0.15) is 0 Å². The zero-order chi connectivity index (χ0) is 25.9. The zero-order valence-electron chi connectivity index (χ0n) is 20.1. The number of piperazine rings is 1. The molecule has 3 heterocycles. The van der Waals surface area contributed by atoms with E-state index < -0.39 is 5.82 Å². The molecule has 1 aliphatic rings. The van der Waals surface area contributed by atoms with Gasteiger partial charge in [-0.25, -0.2) is 14.4 Å². The number of nitrogens with zero attached hydrogens (tertiary/aromatic N) is 5. The van der Waals surface area contributed by atoms with E-state index >= 15 is 0 Å².